The number of hydrogen-bond acceptors (Lipinski definition) is 10. The number of phosphoric ester groups is 1. The Morgan fingerprint density at radius 1 is 1.20 bits per heavy atom. The number of methoxy groups -OCH3 is 1. The number of ether oxygens (including phenoxy) is 2. The molecular formula is C28H32AsFN6O7P. The predicted octanol–water partition coefficient (Wildman–Crippen LogP) is 2.62. The summed E-state index contributed by atoms with van der Waals surface area (Å²) in [6.45, 7) is 2.02. The number of benzene rings is 2. The zero-order chi connectivity index (χ0) is 31.1. The number of nitrogens with zero attached hydrogens (tertiary/aromatic N) is 5. The maximum absolute atomic E-state index is 13.4. The van der Waals surface area contributed by atoms with Gasteiger partial charge < -0.3 is 9.79 Å². The number of rotatable bonds is 15. The summed E-state index contributed by atoms with van der Waals surface area (Å²) in [7, 11) is -2.94. The third-order valence-corrected chi connectivity index (χ3v) is 9.38. The Labute approximate surface area is 259 Å². The summed E-state index contributed by atoms with van der Waals surface area (Å²) in [6.07, 6.45) is 5.58. The Balaban J connectivity index is 1.18. The minimum Gasteiger partial charge on any atom is -0.303 e. The maximum atomic E-state index is 13.4. The van der Waals surface area contributed by atoms with Gasteiger partial charge in [0.05, 0.1) is 13.2 Å². The van der Waals surface area contributed by atoms with Crippen molar-refractivity contribution in [2.75, 3.05) is 38.7 Å². The zero-order valence-electron chi connectivity index (χ0n) is 23.9. The molecule has 44 heavy (non-hydrogen) atoms. The number of nitrogens with one attached hydrogen (secondary N) is 1. The summed E-state index contributed by atoms with van der Waals surface area (Å²) in [4.78, 5) is 41.4. The first-order chi connectivity index (χ1) is 21.2. The summed E-state index contributed by atoms with van der Waals surface area (Å²) in [5, 5.41) is 8.30. The second-order valence-corrected chi connectivity index (χ2v) is 13.9. The number of fused-ring (bicyclic) bond motifs is 1. The minimum atomic E-state index is -4.49. The van der Waals surface area contributed by atoms with Crippen molar-refractivity contribution < 1.29 is 37.5 Å². The number of carbonyl (C=O) groups is 1. The van der Waals surface area contributed by atoms with Crippen molar-refractivity contribution >= 4 is 55.0 Å². The Morgan fingerprint density at radius 3 is 2.86 bits per heavy atom. The molecule has 1 fully saturated rings. The van der Waals surface area contributed by atoms with Gasteiger partial charge in [0.15, 0.2) is 0 Å². The SMILES string of the molecule is COc1cc2c(Nc3ccn(CC(=O)[As]c4cccc(F)c4)n3)ncnc2cc1OCCCN1CCC[C@@H]1COP(=O)(O)O. The average Bonchev–Trinajstić information content (AvgIpc) is 3.62. The standard InChI is InChI=1S/C28H32AsFN6O7P/c1-41-24-14-22-23(15-25(24)42-12-4-10-35-9-3-7-21(35)17-43-44(38,39)40)31-18-32-28(22)33-27-8-11-36(34-27)16-26(37)29-19-5-2-6-20(30)13-19/h2,5-6,8,11,13-15,18,21H,3-4,7,9-10,12,16-17H2,1H3,(H2,38,39,40)(H,31,32,33,34)/t21-/m1/s1. The molecule has 0 unspecified atom stereocenters. The monoisotopic (exact) mass is 689 g/mol. The first kappa shape index (κ1) is 32.0. The van der Waals surface area contributed by atoms with Gasteiger partial charge in [-0.25, -0.2) is 4.57 Å². The van der Waals surface area contributed by atoms with E-state index in [-0.39, 0.29) is 29.6 Å². The Bertz CT molecular complexity index is 1650. The number of aromatic nitrogens is 4. The molecule has 0 spiro atoms. The van der Waals surface area contributed by atoms with Crippen LogP contribution in [0.5, 0.6) is 11.5 Å². The summed E-state index contributed by atoms with van der Waals surface area (Å²) >= 11 is -0.844. The number of phosphoric acid groups is 1. The van der Waals surface area contributed by atoms with Gasteiger partial charge in [-0.05, 0) is 25.8 Å². The molecule has 3 heterocycles. The van der Waals surface area contributed by atoms with Crippen LogP contribution < -0.4 is 19.1 Å². The van der Waals surface area contributed by atoms with Crippen LogP contribution in [0.25, 0.3) is 10.9 Å². The van der Waals surface area contributed by atoms with Crippen molar-refractivity contribution in [2.45, 2.75) is 31.8 Å². The molecule has 4 aromatic rings. The molecule has 0 amide bonds. The molecule has 2 aromatic heterocycles. The molecule has 1 atom stereocenters. The molecule has 16 heteroatoms. The smallest absolute Gasteiger partial charge is 0.303 e. The van der Waals surface area contributed by atoms with Crippen molar-refractivity contribution in [1.82, 2.24) is 24.6 Å². The van der Waals surface area contributed by atoms with Crippen molar-refractivity contribution in [1.29, 1.82) is 0 Å². The molecule has 233 valence electrons. The minimum absolute atomic E-state index is 0.00428. The molecule has 5 rings (SSSR count). The van der Waals surface area contributed by atoms with Crippen LogP contribution in [0.1, 0.15) is 19.3 Å². The van der Waals surface area contributed by atoms with Gasteiger partial charge >= 0.3 is 185 Å². The number of likely N-dealkylation sites (tertiary alicyclic amines) is 1. The molecule has 0 saturated carbocycles. The van der Waals surface area contributed by atoms with E-state index < -0.39 is 23.6 Å². The Morgan fingerprint density at radius 2 is 2.07 bits per heavy atom. The summed E-state index contributed by atoms with van der Waals surface area (Å²) in [6, 6.07) is 11.4. The molecule has 0 aliphatic carbocycles. The molecule has 0 bridgehead atoms. The van der Waals surface area contributed by atoms with Crippen molar-refractivity contribution in [3.05, 3.63) is 60.8 Å². The van der Waals surface area contributed by atoms with E-state index in [4.69, 9.17) is 23.8 Å². The average molecular weight is 689 g/mol. The molecule has 13 nitrogen and oxygen atoms in total. The number of halogens is 1. The first-order valence-electron chi connectivity index (χ1n) is 13.9. The van der Waals surface area contributed by atoms with Crippen molar-refractivity contribution in [3.63, 3.8) is 0 Å². The fourth-order valence-corrected chi connectivity index (χ4v) is 7.10. The fourth-order valence-electron chi connectivity index (χ4n) is 4.95. The summed E-state index contributed by atoms with van der Waals surface area (Å²) in [5.74, 6) is 1.66. The third kappa shape index (κ3) is 8.84. The molecule has 1 aliphatic rings. The molecule has 2 aromatic carbocycles. The van der Waals surface area contributed by atoms with Gasteiger partial charge in [0.1, 0.15) is 0 Å². The van der Waals surface area contributed by atoms with Crippen LogP contribution in [0, 0.1) is 5.82 Å². The summed E-state index contributed by atoms with van der Waals surface area (Å²) < 4.78 is 43.1. The van der Waals surface area contributed by atoms with E-state index in [2.05, 4.69) is 25.3 Å². The topological polar surface area (TPSA) is 161 Å². The normalized spacial score (nSPS) is 15.8. The van der Waals surface area contributed by atoms with Gasteiger partial charge in [-0.3, -0.25) is 9.42 Å². The summed E-state index contributed by atoms with van der Waals surface area (Å²) in [5.41, 5.74) is 0.626. The molecular weight excluding hydrogens is 657 g/mol. The number of anilines is 2. The van der Waals surface area contributed by atoms with Gasteiger partial charge in [0.2, 0.25) is 0 Å². The van der Waals surface area contributed by atoms with E-state index >= 15 is 0 Å². The van der Waals surface area contributed by atoms with Gasteiger partial charge in [-0.1, -0.05) is 0 Å². The quantitative estimate of drug-likeness (QED) is 0.0953. The van der Waals surface area contributed by atoms with E-state index in [1.807, 2.05) is 0 Å². The molecule has 3 N–H and O–H groups in total. The molecule has 1 saturated heterocycles. The van der Waals surface area contributed by atoms with Crippen LogP contribution in [0.3, 0.4) is 0 Å². The fraction of sp³-hybridized carbons (Fsp3) is 0.357. The van der Waals surface area contributed by atoms with Gasteiger partial charge in [0, 0.05) is 12.6 Å². The first-order valence-corrected chi connectivity index (χ1v) is 17.3. The van der Waals surface area contributed by atoms with Crippen molar-refractivity contribution in [2.24, 2.45) is 0 Å². The Kier molecular flexibility index (Phi) is 10.6. The van der Waals surface area contributed by atoms with Crippen LogP contribution in [-0.4, -0.2) is 94.2 Å². The molecule has 1 aliphatic heterocycles. The molecule has 1 radical (unpaired) electrons. The second kappa shape index (κ2) is 14.6. The van der Waals surface area contributed by atoms with E-state index in [1.165, 1.54) is 23.1 Å². The third-order valence-electron chi connectivity index (χ3n) is 6.95. The van der Waals surface area contributed by atoms with Crippen LogP contribution >= 0.6 is 7.82 Å². The second-order valence-electron chi connectivity index (χ2n) is 10.1. The van der Waals surface area contributed by atoms with Gasteiger partial charge in [0.25, 0.3) is 0 Å². The number of hydrogen-bond donors (Lipinski definition) is 3. The van der Waals surface area contributed by atoms with Crippen molar-refractivity contribution in [3.8, 4) is 11.5 Å². The van der Waals surface area contributed by atoms with Gasteiger partial charge in [-0.2, -0.15) is 0 Å². The van der Waals surface area contributed by atoms with E-state index in [0.29, 0.717) is 58.0 Å². The van der Waals surface area contributed by atoms with Crippen LogP contribution in [0.15, 0.2) is 55.0 Å². The predicted molar refractivity (Wildman–Crippen MR) is 161 cm³/mol. The Hall–Kier alpha value is -3.38. The zero-order valence-corrected chi connectivity index (χ0v) is 26.6. The van der Waals surface area contributed by atoms with Crippen LogP contribution in [0.4, 0.5) is 16.0 Å². The van der Waals surface area contributed by atoms with Crippen LogP contribution in [-0.2, 0) is 20.4 Å². The van der Waals surface area contributed by atoms with Gasteiger partial charge in [-0.15, -0.1) is 0 Å². The number of carbonyl (C=O) groups excluding carboxylic acids is 1. The van der Waals surface area contributed by atoms with Crippen LogP contribution in [0.2, 0.25) is 0 Å². The van der Waals surface area contributed by atoms with E-state index in [1.54, 1.807) is 43.6 Å². The van der Waals surface area contributed by atoms with E-state index in [9.17, 15) is 13.8 Å². The van der Waals surface area contributed by atoms with E-state index in [0.717, 1.165) is 19.4 Å².